The number of amides is 1. The van der Waals surface area contributed by atoms with E-state index in [-0.39, 0.29) is 24.4 Å². The normalized spacial score (nSPS) is 16.2. The molecule has 0 N–H and O–H groups in total. The van der Waals surface area contributed by atoms with Crippen molar-refractivity contribution < 1.29 is 18.3 Å². The SMILES string of the molecule is O=C(COc1ccccc1Cl)N1CCCC1c1ncc(Cc2ccc(F)cc2)o1. The van der Waals surface area contributed by atoms with E-state index >= 15 is 0 Å². The van der Waals surface area contributed by atoms with Crippen molar-refractivity contribution in [2.75, 3.05) is 13.2 Å². The molecule has 2 heterocycles. The van der Waals surface area contributed by atoms with Crippen molar-refractivity contribution in [3.05, 3.63) is 82.8 Å². The minimum atomic E-state index is -0.272. The van der Waals surface area contributed by atoms with Gasteiger partial charge >= 0.3 is 0 Å². The Balaban J connectivity index is 1.40. The monoisotopic (exact) mass is 414 g/mol. The predicted octanol–water partition coefficient (Wildman–Crippen LogP) is 4.80. The maximum Gasteiger partial charge on any atom is 0.261 e. The van der Waals surface area contributed by atoms with Crippen LogP contribution in [0.1, 0.15) is 36.1 Å². The van der Waals surface area contributed by atoms with Crippen LogP contribution < -0.4 is 4.74 Å². The molecule has 1 saturated heterocycles. The van der Waals surface area contributed by atoms with Crippen LogP contribution in [0.2, 0.25) is 5.02 Å². The minimum Gasteiger partial charge on any atom is -0.482 e. The van der Waals surface area contributed by atoms with Gasteiger partial charge in [-0.1, -0.05) is 35.9 Å². The lowest BCUT2D eigenvalue weighted by Crippen LogP contribution is -2.34. The lowest BCUT2D eigenvalue weighted by atomic mass is 10.1. The van der Waals surface area contributed by atoms with Crippen LogP contribution in [0.3, 0.4) is 0 Å². The van der Waals surface area contributed by atoms with E-state index in [1.165, 1.54) is 12.1 Å². The molecule has 1 unspecified atom stereocenters. The number of halogens is 2. The molecule has 1 aromatic heterocycles. The molecule has 1 fully saturated rings. The van der Waals surface area contributed by atoms with E-state index in [1.807, 2.05) is 0 Å². The molecular weight excluding hydrogens is 395 g/mol. The van der Waals surface area contributed by atoms with Gasteiger partial charge in [0.2, 0.25) is 5.89 Å². The van der Waals surface area contributed by atoms with Gasteiger partial charge in [-0.25, -0.2) is 9.37 Å². The summed E-state index contributed by atoms with van der Waals surface area (Å²) >= 11 is 6.07. The van der Waals surface area contributed by atoms with Crippen LogP contribution in [-0.4, -0.2) is 28.9 Å². The van der Waals surface area contributed by atoms with Crippen LogP contribution in [0.25, 0.3) is 0 Å². The lowest BCUT2D eigenvalue weighted by Gasteiger charge is -2.22. The fraction of sp³-hybridized carbons (Fsp3) is 0.273. The highest BCUT2D eigenvalue weighted by Crippen LogP contribution is 2.32. The second kappa shape index (κ2) is 8.66. The standard InChI is InChI=1S/C22H20ClFN2O3/c23-18-4-1-2-6-20(18)28-14-21(27)26-11-3-5-19(26)22-25-13-17(29-22)12-15-7-9-16(24)10-8-15/h1-2,4,6-10,13,19H,3,5,11-12,14H2. The van der Waals surface area contributed by atoms with Crippen molar-refractivity contribution in [2.24, 2.45) is 0 Å². The molecule has 0 aliphatic carbocycles. The van der Waals surface area contributed by atoms with E-state index in [1.54, 1.807) is 47.5 Å². The number of oxazole rings is 1. The van der Waals surface area contributed by atoms with Gasteiger partial charge in [0, 0.05) is 13.0 Å². The van der Waals surface area contributed by atoms with Gasteiger partial charge in [0.1, 0.15) is 23.4 Å². The molecule has 0 bridgehead atoms. The van der Waals surface area contributed by atoms with Crippen molar-refractivity contribution in [2.45, 2.75) is 25.3 Å². The first-order valence-corrected chi connectivity index (χ1v) is 9.84. The predicted molar refractivity (Wildman–Crippen MR) is 106 cm³/mol. The Bertz CT molecular complexity index is 990. The average Bonchev–Trinajstić information content (AvgIpc) is 3.38. The molecule has 1 aliphatic rings. The topological polar surface area (TPSA) is 55.6 Å². The molecule has 0 spiro atoms. The van der Waals surface area contributed by atoms with E-state index in [0.29, 0.717) is 35.4 Å². The molecule has 29 heavy (non-hydrogen) atoms. The summed E-state index contributed by atoms with van der Waals surface area (Å²) in [5.41, 5.74) is 0.932. The molecule has 1 amide bonds. The van der Waals surface area contributed by atoms with Crippen molar-refractivity contribution in [3.8, 4) is 5.75 Å². The summed E-state index contributed by atoms with van der Waals surface area (Å²) in [7, 11) is 0. The Labute approximate surface area is 173 Å². The summed E-state index contributed by atoms with van der Waals surface area (Å²) in [6.45, 7) is 0.536. The van der Waals surface area contributed by atoms with Gasteiger partial charge < -0.3 is 14.1 Å². The zero-order chi connectivity index (χ0) is 20.2. The zero-order valence-corrected chi connectivity index (χ0v) is 16.4. The average molecular weight is 415 g/mol. The number of likely N-dealkylation sites (tertiary alicyclic amines) is 1. The highest BCUT2D eigenvalue weighted by molar-refractivity contribution is 6.32. The van der Waals surface area contributed by atoms with Crippen LogP contribution in [0.15, 0.2) is 59.1 Å². The Morgan fingerprint density at radius 2 is 2.03 bits per heavy atom. The molecule has 2 aromatic carbocycles. The van der Waals surface area contributed by atoms with Gasteiger partial charge in [-0.3, -0.25) is 4.79 Å². The molecule has 7 heteroatoms. The molecule has 5 nitrogen and oxygen atoms in total. The summed E-state index contributed by atoms with van der Waals surface area (Å²) in [5, 5.41) is 0.469. The van der Waals surface area contributed by atoms with Crippen LogP contribution in [0.4, 0.5) is 4.39 Å². The fourth-order valence-corrected chi connectivity index (χ4v) is 3.66. The van der Waals surface area contributed by atoms with Crippen LogP contribution in [0.5, 0.6) is 5.75 Å². The molecule has 150 valence electrons. The van der Waals surface area contributed by atoms with E-state index in [9.17, 15) is 9.18 Å². The second-order valence-corrected chi connectivity index (χ2v) is 7.34. The largest absolute Gasteiger partial charge is 0.482 e. The third kappa shape index (κ3) is 4.59. The van der Waals surface area contributed by atoms with E-state index < -0.39 is 0 Å². The van der Waals surface area contributed by atoms with Crippen LogP contribution in [-0.2, 0) is 11.2 Å². The highest BCUT2D eigenvalue weighted by atomic mass is 35.5. The summed E-state index contributed by atoms with van der Waals surface area (Å²) in [6.07, 6.45) is 3.84. The first kappa shape index (κ1) is 19.5. The van der Waals surface area contributed by atoms with Crippen molar-refractivity contribution in [1.29, 1.82) is 0 Å². The number of para-hydroxylation sites is 1. The summed E-state index contributed by atoms with van der Waals surface area (Å²) in [5.74, 6) is 1.27. The van der Waals surface area contributed by atoms with Gasteiger partial charge in [0.15, 0.2) is 6.61 Å². The number of hydrogen-bond acceptors (Lipinski definition) is 4. The van der Waals surface area contributed by atoms with E-state index in [0.717, 1.165) is 18.4 Å². The Hall–Kier alpha value is -2.86. The maximum absolute atomic E-state index is 13.1. The number of benzene rings is 2. The molecule has 1 atom stereocenters. The van der Waals surface area contributed by atoms with Crippen molar-refractivity contribution >= 4 is 17.5 Å². The first-order chi connectivity index (χ1) is 14.1. The van der Waals surface area contributed by atoms with Crippen LogP contribution >= 0.6 is 11.6 Å². The third-order valence-electron chi connectivity index (χ3n) is 4.91. The smallest absolute Gasteiger partial charge is 0.261 e. The number of ether oxygens (including phenoxy) is 1. The quantitative estimate of drug-likeness (QED) is 0.581. The fourth-order valence-electron chi connectivity index (χ4n) is 3.47. The number of carbonyl (C=O) groups excluding carboxylic acids is 1. The Morgan fingerprint density at radius 1 is 1.24 bits per heavy atom. The zero-order valence-electron chi connectivity index (χ0n) is 15.7. The Kier molecular flexibility index (Phi) is 5.81. The molecule has 0 saturated carbocycles. The van der Waals surface area contributed by atoms with Crippen molar-refractivity contribution in [3.63, 3.8) is 0 Å². The van der Waals surface area contributed by atoms with E-state index in [4.69, 9.17) is 20.8 Å². The molecule has 3 aromatic rings. The highest BCUT2D eigenvalue weighted by Gasteiger charge is 2.33. The van der Waals surface area contributed by atoms with Crippen LogP contribution in [0, 0.1) is 5.82 Å². The van der Waals surface area contributed by atoms with Gasteiger partial charge in [-0.2, -0.15) is 0 Å². The number of carbonyl (C=O) groups is 1. The molecule has 0 radical (unpaired) electrons. The van der Waals surface area contributed by atoms with Crippen molar-refractivity contribution in [1.82, 2.24) is 9.88 Å². The van der Waals surface area contributed by atoms with E-state index in [2.05, 4.69) is 4.98 Å². The molecule has 4 rings (SSSR count). The second-order valence-electron chi connectivity index (χ2n) is 6.93. The summed E-state index contributed by atoms with van der Waals surface area (Å²) in [6, 6.07) is 13.1. The number of hydrogen-bond donors (Lipinski definition) is 0. The summed E-state index contributed by atoms with van der Waals surface area (Å²) < 4.78 is 24.5. The molecule has 1 aliphatic heterocycles. The maximum atomic E-state index is 13.1. The molecular formula is C22H20ClFN2O3. The first-order valence-electron chi connectivity index (χ1n) is 9.46. The lowest BCUT2D eigenvalue weighted by molar-refractivity contribution is -0.134. The van der Waals surface area contributed by atoms with Gasteiger partial charge in [0.25, 0.3) is 5.91 Å². The number of nitrogens with zero attached hydrogens (tertiary/aromatic N) is 2. The third-order valence-corrected chi connectivity index (χ3v) is 5.22. The van der Waals surface area contributed by atoms with Gasteiger partial charge in [0.05, 0.1) is 11.2 Å². The van der Waals surface area contributed by atoms with Gasteiger partial charge in [-0.15, -0.1) is 0 Å². The van der Waals surface area contributed by atoms with Gasteiger partial charge in [-0.05, 0) is 42.7 Å². The minimum absolute atomic E-state index is 0.0939. The summed E-state index contributed by atoms with van der Waals surface area (Å²) in [4.78, 5) is 18.8. The Morgan fingerprint density at radius 3 is 2.83 bits per heavy atom. The number of aromatic nitrogens is 1. The number of rotatable bonds is 6.